The molecular formula is C60H106O6. The highest BCUT2D eigenvalue weighted by molar-refractivity contribution is 5.71. The van der Waals surface area contributed by atoms with Gasteiger partial charge in [-0.3, -0.25) is 14.4 Å². The summed E-state index contributed by atoms with van der Waals surface area (Å²) in [6.45, 7) is 6.53. The van der Waals surface area contributed by atoms with E-state index in [1.54, 1.807) is 0 Å². The van der Waals surface area contributed by atoms with E-state index < -0.39 is 6.10 Å². The molecule has 0 saturated heterocycles. The molecule has 0 saturated carbocycles. The highest BCUT2D eigenvalue weighted by Gasteiger charge is 2.19. The molecule has 0 heterocycles. The minimum Gasteiger partial charge on any atom is -0.462 e. The van der Waals surface area contributed by atoms with Crippen LogP contribution in [0.3, 0.4) is 0 Å². The van der Waals surface area contributed by atoms with E-state index in [0.29, 0.717) is 19.3 Å². The van der Waals surface area contributed by atoms with Crippen LogP contribution in [0.1, 0.15) is 284 Å². The van der Waals surface area contributed by atoms with E-state index in [9.17, 15) is 14.4 Å². The second-order valence-corrected chi connectivity index (χ2v) is 18.8. The highest BCUT2D eigenvalue weighted by atomic mass is 16.6. The Morgan fingerprint density at radius 2 is 0.591 bits per heavy atom. The lowest BCUT2D eigenvalue weighted by molar-refractivity contribution is -0.167. The monoisotopic (exact) mass is 923 g/mol. The summed E-state index contributed by atoms with van der Waals surface area (Å²) in [4.78, 5) is 38.0. The molecule has 0 aromatic rings. The third-order valence-electron chi connectivity index (χ3n) is 12.3. The molecule has 66 heavy (non-hydrogen) atoms. The van der Waals surface area contributed by atoms with Crippen molar-refractivity contribution in [2.45, 2.75) is 290 Å². The van der Waals surface area contributed by atoms with Crippen molar-refractivity contribution in [3.8, 4) is 0 Å². The molecule has 6 nitrogen and oxygen atoms in total. The second kappa shape index (κ2) is 54.7. The largest absolute Gasteiger partial charge is 0.462 e. The Hall–Kier alpha value is -2.89. The van der Waals surface area contributed by atoms with Crippen molar-refractivity contribution in [2.24, 2.45) is 0 Å². The molecule has 0 aromatic heterocycles. The molecular weight excluding hydrogens is 817 g/mol. The SMILES string of the molecule is CC/C=C\C/C=C\C/C=C\C/C=C\C/C=C\CCCCCCCCCCCC(=O)OCC(COC(=O)CCCCCCCCCCCC)OC(=O)CCCCCCCCCCCCCCC. The van der Waals surface area contributed by atoms with Crippen LogP contribution in [0.2, 0.25) is 0 Å². The summed E-state index contributed by atoms with van der Waals surface area (Å²) < 4.78 is 16.8. The maximum Gasteiger partial charge on any atom is 0.306 e. The Morgan fingerprint density at radius 3 is 0.924 bits per heavy atom. The number of ether oxygens (including phenoxy) is 3. The molecule has 6 heteroatoms. The predicted molar refractivity (Wildman–Crippen MR) is 284 cm³/mol. The van der Waals surface area contributed by atoms with Crippen LogP contribution in [-0.2, 0) is 28.6 Å². The van der Waals surface area contributed by atoms with Crippen molar-refractivity contribution < 1.29 is 28.6 Å². The summed E-state index contributed by atoms with van der Waals surface area (Å²) in [5, 5.41) is 0. The summed E-state index contributed by atoms with van der Waals surface area (Å²) in [6.07, 6.45) is 67.8. The molecule has 0 amide bonds. The zero-order valence-electron chi connectivity index (χ0n) is 43.7. The predicted octanol–water partition coefficient (Wildman–Crippen LogP) is 18.8. The normalized spacial score (nSPS) is 12.5. The number of rotatable bonds is 51. The number of carbonyl (C=O) groups is 3. The van der Waals surface area contributed by atoms with E-state index in [1.807, 2.05) is 0 Å². The van der Waals surface area contributed by atoms with Crippen LogP contribution >= 0.6 is 0 Å². The minimum absolute atomic E-state index is 0.0718. The molecule has 382 valence electrons. The van der Waals surface area contributed by atoms with Gasteiger partial charge in [0.1, 0.15) is 13.2 Å². The van der Waals surface area contributed by atoms with Crippen molar-refractivity contribution in [2.75, 3.05) is 13.2 Å². The molecule has 0 fully saturated rings. The lowest BCUT2D eigenvalue weighted by atomic mass is 10.0. The summed E-state index contributed by atoms with van der Waals surface area (Å²) in [6, 6.07) is 0. The number of allylic oxidation sites excluding steroid dienone is 10. The van der Waals surface area contributed by atoms with Gasteiger partial charge in [-0.1, -0.05) is 261 Å². The van der Waals surface area contributed by atoms with E-state index >= 15 is 0 Å². The van der Waals surface area contributed by atoms with Crippen LogP contribution in [0, 0.1) is 0 Å². The molecule has 1 unspecified atom stereocenters. The van der Waals surface area contributed by atoms with E-state index in [1.165, 1.54) is 148 Å². The number of hydrogen-bond donors (Lipinski definition) is 0. The van der Waals surface area contributed by atoms with Gasteiger partial charge in [0.2, 0.25) is 0 Å². The van der Waals surface area contributed by atoms with Gasteiger partial charge in [0.25, 0.3) is 0 Å². The quantitative estimate of drug-likeness (QED) is 0.0262. The second-order valence-electron chi connectivity index (χ2n) is 18.8. The van der Waals surface area contributed by atoms with Gasteiger partial charge in [-0.25, -0.2) is 0 Å². The smallest absolute Gasteiger partial charge is 0.306 e. The first-order valence-electron chi connectivity index (χ1n) is 28.3. The van der Waals surface area contributed by atoms with Crippen molar-refractivity contribution in [1.82, 2.24) is 0 Å². The van der Waals surface area contributed by atoms with Gasteiger partial charge in [-0.2, -0.15) is 0 Å². The lowest BCUT2D eigenvalue weighted by Crippen LogP contribution is -2.30. The van der Waals surface area contributed by atoms with Gasteiger partial charge in [0, 0.05) is 19.3 Å². The maximum absolute atomic E-state index is 12.8. The molecule has 0 aliphatic carbocycles. The Labute approximate surface area is 409 Å². The number of carbonyl (C=O) groups excluding carboxylic acids is 3. The van der Waals surface area contributed by atoms with Crippen molar-refractivity contribution in [1.29, 1.82) is 0 Å². The Morgan fingerprint density at radius 1 is 0.318 bits per heavy atom. The van der Waals surface area contributed by atoms with Gasteiger partial charge in [-0.05, 0) is 64.2 Å². The van der Waals surface area contributed by atoms with E-state index in [4.69, 9.17) is 14.2 Å². The minimum atomic E-state index is -0.771. The van der Waals surface area contributed by atoms with Gasteiger partial charge in [-0.15, -0.1) is 0 Å². The number of unbranched alkanes of at least 4 members (excludes halogenated alkanes) is 30. The summed E-state index contributed by atoms with van der Waals surface area (Å²) >= 11 is 0. The van der Waals surface area contributed by atoms with Gasteiger partial charge in [0.15, 0.2) is 6.10 Å². The molecule has 0 bridgehead atoms. The molecule has 0 N–H and O–H groups in total. The van der Waals surface area contributed by atoms with Crippen molar-refractivity contribution in [3.63, 3.8) is 0 Å². The van der Waals surface area contributed by atoms with Crippen LogP contribution in [0.4, 0.5) is 0 Å². The Balaban J connectivity index is 4.23. The van der Waals surface area contributed by atoms with Crippen LogP contribution in [-0.4, -0.2) is 37.2 Å². The summed E-state index contributed by atoms with van der Waals surface area (Å²) in [7, 11) is 0. The third-order valence-corrected chi connectivity index (χ3v) is 12.3. The molecule has 0 aliphatic rings. The van der Waals surface area contributed by atoms with E-state index in [2.05, 4.69) is 81.5 Å². The summed E-state index contributed by atoms with van der Waals surface area (Å²) in [5.74, 6) is -0.869. The van der Waals surface area contributed by atoms with Crippen LogP contribution in [0.25, 0.3) is 0 Å². The first-order chi connectivity index (χ1) is 32.5. The van der Waals surface area contributed by atoms with Crippen molar-refractivity contribution in [3.05, 3.63) is 60.8 Å². The Bertz CT molecular complexity index is 1200. The van der Waals surface area contributed by atoms with E-state index in [-0.39, 0.29) is 31.1 Å². The highest BCUT2D eigenvalue weighted by Crippen LogP contribution is 2.16. The third kappa shape index (κ3) is 52.1. The summed E-state index contributed by atoms with van der Waals surface area (Å²) in [5.41, 5.74) is 0. The molecule has 0 aliphatic heterocycles. The first-order valence-corrected chi connectivity index (χ1v) is 28.3. The van der Waals surface area contributed by atoms with Crippen molar-refractivity contribution >= 4 is 17.9 Å². The fourth-order valence-corrected chi connectivity index (χ4v) is 8.06. The lowest BCUT2D eigenvalue weighted by Gasteiger charge is -2.18. The van der Waals surface area contributed by atoms with Gasteiger partial charge < -0.3 is 14.2 Å². The molecule has 0 radical (unpaired) electrons. The maximum atomic E-state index is 12.8. The number of hydrogen-bond acceptors (Lipinski definition) is 6. The van der Waals surface area contributed by atoms with Gasteiger partial charge in [0.05, 0.1) is 0 Å². The van der Waals surface area contributed by atoms with Crippen LogP contribution in [0.5, 0.6) is 0 Å². The molecule has 0 spiro atoms. The number of esters is 3. The molecule has 0 aromatic carbocycles. The van der Waals surface area contributed by atoms with Gasteiger partial charge >= 0.3 is 17.9 Å². The fraction of sp³-hybridized carbons (Fsp3) is 0.783. The van der Waals surface area contributed by atoms with Crippen LogP contribution in [0.15, 0.2) is 60.8 Å². The molecule has 0 rings (SSSR count). The fourth-order valence-electron chi connectivity index (χ4n) is 8.06. The zero-order chi connectivity index (χ0) is 47.9. The average Bonchev–Trinajstić information content (AvgIpc) is 3.31. The average molecular weight is 924 g/mol. The molecule has 1 atom stereocenters. The Kier molecular flexibility index (Phi) is 52.3. The van der Waals surface area contributed by atoms with Crippen LogP contribution < -0.4 is 0 Å². The first kappa shape index (κ1) is 63.1. The van der Waals surface area contributed by atoms with E-state index in [0.717, 1.165) is 96.3 Å². The standard InChI is InChI=1S/C60H106O6/c1-4-7-10-13-16-19-22-24-25-26-27-28-29-30-31-32-33-34-35-37-38-41-44-47-50-53-59(62)65-56-57(55-64-58(61)52-49-46-43-40-21-18-15-12-9-6-3)66-60(63)54-51-48-45-42-39-36-23-20-17-14-11-8-5-2/h7,10,16,19,24-25,27-28,30-31,57H,4-6,8-9,11-15,17-18,20-23,26,29,32-56H2,1-3H3/b10-7-,19-16-,25-24-,28-27-,31-30-. The zero-order valence-corrected chi connectivity index (χ0v) is 43.7. The topological polar surface area (TPSA) is 78.9 Å².